The number of ether oxygens (including phenoxy) is 2. The molecule has 9 nitrogen and oxygen atoms in total. The van der Waals surface area contributed by atoms with Gasteiger partial charge >= 0.3 is 6.01 Å². The first-order chi connectivity index (χ1) is 17.5. The Morgan fingerprint density at radius 2 is 1.75 bits per heavy atom. The van der Waals surface area contributed by atoms with Crippen molar-refractivity contribution >= 4 is 17.0 Å². The van der Waals surface area contributed by atoms with Crippen LogP contribution < -0.4 is 9.47 Å². The summed E-state index contributed by atoms with van der Waals surface area (Å²) in [7, 11) is 0. The Labute approximate surface area is 210 Å². The summed E-state index contributed by atoms with van der Waals surface area (Å²) in [6.07, 6.45) is 12.5. The first kappa shape index (κ1) is 25.1. The highest BCUT2D eigenvalue weighted by molar-refractivity contribution is 5.80. The zero-order valence-corrected chi connectivity index (χ0v) is 20.6. The molecule has 1 aliphatic rings. The smallest absolute Gasteiger partial charge is 0.316 e. The second kappa shape index (κ2) is 12.1. The van der Waals surface area contributed by atoms with Crippen LogP contribution in [0.25, 0.3) is 33.7 Å². The molecule has 0 bridgehead atoms. The lowest BCUT2D eigenvalue weighted by atomic mass is 9.98. The maximum atomic E-state index is 9.00. The predicted octanol–water partition coefficient (Wildman–Crippen LogP) is 5.67. The fourth-order valence-electron chi connectivity index (χ4n) is 3.98. The lowest BCUT2D eigenvalue weighted by molar-refractivity contribution is -0.134. The van der Waals surface area contributed by atoms with Crippen LogP contribution in [-0.4, -0.2) is 48.7 Å². The lowest BCUT2D eigenvalue weighted by Gasteiger charge is -2.21. The minimum Gasteiger partial charge on any atom is -0.494 e. The number of aliphatic carboxylic acids is 1. The molecule has 1 fully saturated rings. The van der Waals surface area contributed by atoms with Crippen molar-refractivity contribution in [1.82, 2.24) is 24.9 Å². The summed E-state index contributed by atoms with van der Waals surface area (Å²) in [5.74, 6) is 0.790. The summed E-state index contributed by atoms with van der Waals surface area (Å²) in [5, 5.41) is 7.42. The molecule has 9 heteroatoms. The van der Waals surface area contributed by atoms with Gasteiger partial charge in [0.25, 0.3) is 5.97 Å². The van der Waals surface area contributed by atoms with E-state index in [0.717, 1.165) is 65.6 Å². The molecule has 188 valence electrons. The molecule has 0 spiro atoms. The number of carbonyl (C=O) groups is 1. The molecule has 0 atom stereocenters. The molecule has 2 N–H and O–H groups in total. The van der Waals surface area contributed by atoms with E-state index in [1.807, 2.05) is 36.5 Å². The maximum Gasteiger partial charge on any atom is 0.316 e. The normalized spacial score (nSPS) is 13.6. The number of carboxylic acid groups (broad SMARTS) is 1. The van der Waals surface area contributed by atoms with E-state index >= 15 is 0 Å². The Kier molecular flexibility index (Phi) is 8.44. The van der Waals surface area contributed by atoms with E-state index in [1.165, 1.54) is 19.3 Å². The number of hydrogen-bond donors (Lipinski definition) is 2. The molecule has 1 saturated carbocycles. The van der Waals surface area contributed by atoms with Crippen molar-refractivity contribution in [1.29, 1.82) is 0 Å². The van der Waals surface area contributed by atoms with E-state index in [2.05, 4.69) is 31.8 Å². The van der Waals surface area contributed by atoms with Gasteiger partial charge in [0, 0.05) is 42.7 Å². The van der Waals surface area contributed by atoms with Crippen molar-refractivity contribution in [3.05, 3.63) is 48.9 Å². The van der Waals surface area contributed by atoms with E-state index in [4.69, 9.17) is 19.4 Å². The highest BCUT2D eigenvalue weighted by Crippen LogP contribution is 2.26. The number of nitrogens with one attached hydrogen (secondary N) is 1. The summed E-state index contributed by atoms with van der Waals surface area (Å²) < 4.78 is 11.6. The highest BCUT2D eigenvalue weighted by atomic mass is 16.5. The number of hydrogen-bond acceptors (Lipinski definition) is 7. The Morgan fingerprint density at radius 1 is 1.03 bits per heavy atom. The topological polar surface area (TPSA) is 123 Å². The first-order valence-electron chi connectivity index (χ1n) is 12.3. The zero-order chi connectivity index (χ0) is 25.3. The van der Waals surface area contributed by atoms with E-state index in [-0.39, 0.29) is 6.10 Å². The molecule has 0 radical (unpaired) electrons. The standard InChI is InChI=1S/C25H27N5O2.C2H4O2/c1-2-12-31-20-9-11-22-23(13-20)30-24(29-22)17-8-10-21(26-14-17)18-15-27-25(28-16-18)32-19-6-4-3-5-7-19;1-2(3)4/h8-11,13-16,19H,2-7,12H2,1H3,(H,29,30);1H3,(H,3,4). The maximum absolute atomic E-state index is 9.00. The Bertz CT molecular complexity index is 1260. The molecule has 0 amide bonds. The van der Waals surface area contributed by atoms with Crippen LogP contribution in [0.3, 0.4) is 0 Å². The van der Waals surface area contributed by atoms with Gasteiger partial charge < -0.3 is 19.6 Å². The first-order valence-corrected chi connectivity index (χ1v) is 12.3. The van der Waals surface area contributed by atoms with Gasteiger partial charge in [-0.2, -0.15) is 0 Å². The molecule has 1 aromatic carbocycles. The van der Waals surface area contributed by atoms with Gasteiger partial charge in [0.1, 0.15) is 17.7 Å². The minimum absolute atomic E-state index is 0.241. The van der Waals surface area contributed by atoms with Crippen LogP contribution in [0.15, 0.2) is 48.9 Å². The SMILES string of the molecule is CC(=O)O.CCCOc1ccc2nc(-c3ccc(-c4cnc(OC5CCCCC5)nc4)nc3)[nH]c2c1. The van der Waals surface area contributed by atoms with Crippen LogP contribution in [0.2, 0.25) is 0 Å². The molecule has 5 rings (SSSR count). The second-order valence-corrected chi connectivity index (χ2v) is 8.70. The minimum atomic E-state index is -0.833. The second-order valence-electron chi connectivity index (χ2n) is 8.70. The molecule has 0 aliphatic heterocycles. The predicted molar refractivity (Wildman–Crippen MR) is 137 cm³/mol. The molecule has 0 saturated heterocycles. The van der Waals surface area contributed by atoms with Crippen LogP contribution in [0.5, 0.6) is 11.8 Å². The number of carboxylic acids is 1. The molecule has 0 unspecified atom stereocenters. The summed E-state index contributed by atoms with van der Waals surface area (Å²) in [5.41, 5.74) is 4.42. The largest absolute Gasteiger partial charge is 0.494 e. The molecule has 4 aromatic rings. The van der Waals surface area contributed by atoms with Crippen LogP contribution in [-0.2, 0) is 4.79 Å². The van der Waals surface area contributed by atoms with Gasteiger partial charge in [0.2, 0.25) is 0 Å². The van der Waals surface area contributed by atoms with Crippen LogP contribution in [0.4, 0.5) is 0 Å². The van der Waals surface area contributed by atoms with E-state index in [0.29, 0.717) is 12.6 Å². The molecule has 36 heavy (non-hydrogen) atoms. The Hall–Kier alpha value is -4.01. The van der Waals surface area contributed by atoms with E-state index < -0.39 is 5.97 Å². The average Bonchev–Trinajstić information content (AvgIpc) is 3.32. The van der Waals surface area contributed by atoms with Crippen LogP contribution in [0, 0.1) is 0 Å². The van der Waals surface area contributed by atoms with E-state index in [1.54, 1.807) is 12.4 Å². The number of nitrogens with zero attached hydrogens (tertiary/aromatic N) is 4. The molecular formula is C27H31N5O4. The third-order valence-electron chi connectivity index (χ3n) is 5.71. The Balaban J connectivity index is 0.000000709. The summed E-state index contributed by atoms with van der Waals surface area (Å²) in [6, 6.07) is 10.3. The third-order valence-corrected chi connectivity index (χ3v) is 5.71. The van der Waals surface area contributed by atoms with Crippen molar-refractivity contribution in [3.63, 3.8) is 0 Å². The average molecular weight is 490 g/mol. The molecule has 3 heterocycles. The summed E-state index contributed by atoms with van der Waals surface area (Å²) >= 11 is 0. The number of aromatic amines is 1. The number of imidazole rings is 1. The van der Waals surface area contributed by atoms with Crippen molar-refractivity contribution in [2.24, 2.45) is 0 Å². The van der Waals surface area contributed by atoms with Gasteiger partial charge in [-0.25, -0.2) is 15.0 Å². The van der Waals surface area contributed by atoms with Gasteiger partial charge in [-0.3, -0.25) is 9.78 Å². The molecule has 1 aliphatic carbocycles. The van der Waals surface area contributed by atoms with Crippen molar-refractivity contribution in [2.75, 3.05) is 6.61 Å². The third kappa shape index (κ3) is 6.78. The van der Waals surface area contributed by atoms with E-state index in [9.17, 15) is 0 Å². The number of rotatable bonds is 7. The molecule has 3 aromatic heterocycles. The monoisotopic (exact) mass is 489 g/mol. The quantitative estimate of drug-likeness (QED) is 0.340. The number of fused-ring (bicyclic) bond motifs is 1. The van der Waals surface area contributed by atoms with Gasteiger partial charge in [-0.05, 0) is 56.4 Å². The van der Waals surface area contributed by atoms with Gasteiger partial charge in [0.05, 0.1) is 23.3 Å². The van der Waals surface area contributed by atoms with Crippen molar-refractivity contribution in [2.45, 2.75) is 58.5 Å². The fourth-order valence-corrected chi connectivity index (χ4v) is 3.98. The van der Waals surface area contributed by atoms with Gasteiger partial charge in [-0.15, -0.1) is 0 Å². The van der Waals surface area contributed by atoms with Gasteiger partial charge in [-0.1, -0.05) is 13.3 Å². The summed E-state index contributed by atoms with van der Waals surface area (Å²) in [6.45, 7) is 3.88. The fraction of sp³-hybridized carbons (Fsp3) is 0.370. The Morgan fingerprint density at radius 3 is 2.42 bits per heavy atom. The van der Waals surface area contributed by atoms with Crippen LogP contribution in [0.1, 0.15) is 52.4 Å². The highest BCUT2D eigenvalue weighted by Gasteiger charge is 2.16. The lowest BCUT2D eigenvalue weighted by Crippen LogP contribution is -2.20. The number of H-pyrrole nitrogens is 1. The van der Waals surface area contributed by atoms with Crippen molar-refractivity contribution in [3.8, 4) is 34.4 Å². The number of pyridine rings is 1. The zero-order valence-electron chi connectivity index (χ0n) is 20.6. The number of aromatic nitrogens is 5. The molecular weight excluding hydrogens is 458 g/mol. The van der Waals surface area contributed by atoms with Crippen LogP contribution >= 0.6 is 0 Å². The van der Waals surface area contributed by atoms with Crippen molar-refractivity contribution < 1.29 is 19.4 Å². The summed E-state index contributed by atoms with van der Waals surface area (Å²) in [4.78, 5) is 30.4. The van der Waals surface area contributed by atoms with Gasteiger partial charge in [0.15, 0.2) is 0 Å². The number of benzene rings is 1.